The first-order valence-corrected chi connectivity index (χ1v) is 7.71. The zero-order valence-corrected chi connectivity index (χ0v) is 13.9. The standard InChI is InChI=1S/C15H18N4O3S/c1-4-10-13(23-15(16)18-10)14(20)19-17-8-9-5-6-11(21-2)12(7-9)22-3/h5-8H,4H2,1-3H3,(H2,16,18)(H,19,20)/b17-8+. The number of hydrazone groups is 1. The Balaban J connectivity index is 2.08. The molecule has 0 saturated heterocycles. The van der Waals surface area contributed by atoms with Gasteiger partial charge in [-0.25, -0.2) is 10.4 Å². The molecule has 0 aliphatic carbocycles. The first-order chi connectivity index (χ1) is 11.1. The van der Waals surface area contributed by atoms with Gasteiger partial charge in [-0.1, -0.05) is 18.3 Å². The van der Waals surface area contributed by atoms with E-state index in [9.17, 15) is 4.79 Å². The molecular formula is C15H18N4O3S. The van der Waals surface area contributed by atoms with Crippen molar-refractivity contribution in [3.63, 3.8) is 0 Å². The van der Waals surface area contributed by atoms with Crippen molar-refractivity contribution in [3.8, 4) is 11.5 Å². The van der Waals surface area contributed by atoms with E-state index in [2.05, 4.69) is 15.5 Å². The summed E-state index contributed by atoms with van der Waals surface area (Å²) in [4.78, 5) is 16.7. The van der Waals surface area contributed by atoms with Gasteiger partial charge in [0.05, 0.1) is 26.1 Å². The SMILES string of the molecule is CCc1nc(N)sc1C(=O)N/N=C/c1ccc(OC)c(OC)c1. The Morgan fingerprint density at radius 2 is 2.13 bits per heavy atom. The number of aryl methyl sites for hydroxylation is 1. The van der Waals surface area contributed by atoms with Crippen molar-refractivity contribution >= 4 is 28.6 Å². The molecule has 1 heterocycles. The number of methoxy groups -OCH3 is 2. The van der Waals surface area contributed by atoms with E-state index in [-0.39, 0.29) is 5.91 Å². The maximum absolute atomic E-state index is 12.1. The van der Waals surface area contributed by atoms with Gasteiger partial charge < -0.3 is 15.2 Å². The molecule has 0 unspecified atom stereocenters. The van der Waals surface area contributed by atoms with E-state index in [0.717, 1.165) is 16.9 Å². The molecule has 0 fully saturated rings. The molecule has 1 aromatic carbocycles. The molecule has 1 amide bonds. The molecule has 2 rings (SSSR count). The lowest BCUT2D eigenvalue weighted by Gasteiger charge is -2.07. The summed E-state index contributed by atoms with van der Waals surface area (Å²) in [5, 5.41) is 4.32. The number of amides is 1. The van der Waals surface area contributed by atoms with Gasteiger partial charge in [0.2, 0.25) is 0 Å². The Hall–Kier alpha value is -2.61. The van der Waals surface area contributed by atoms with Crippen molar-refractivity contribution in [1.82, 2.24) is 10.4 Å². The van der Waals surface area contributed by atoms with E-state index in [1.807, 2.05) is 6.92 Å². The number of anilines is 1. The van der Waals surface area contributed by atoms with E-state index >= 15 is 0 Å². The minimum atomic E-state index is -0.326. The Kier molecular flexibility index (Phi) is 5.53. The van der Waals surface area contributed by atoms with E-state index in [0.29, 0.717) is 33.6 Å². The van der Waals surface area contributed by atoms with Gasteiger partial charge in [-0.2, -0.15) is 5.10 Å². The summed E-state index contributed by atoms with van der Waals surface area (Å²) >= 11 is 1.15. The lowest BCUT2D eigenvalue weighted by Crippen LogP contribution is -2.17. The van der Waals surface area contributed by atoms with Crippen molar-refractivity contribution in [3.05, 3.63) is 34.3 Å². The predicted molar refractivity (Wildman–Crippen MR) is 90.5 cm³/mol. The van der Waals surface area contributed by atoms with Crippen LogP contribution in [0.3, 0.4) is 0 Å². The molecule has 0 aliphatic heterocycles. The molecule has 23 heavy (non-hydrogen) atoms. The molecule has 0 saturated carbocycles. The van der Waals surface area contributed by atoms with Crippen molar-refractivity contribution in [1.29, 1.82) is 0 Å². The molecule has 0 bridgehead atoms. The second kappa shape index (κ2) is 7.59. The summed E-state index contributed by atoms with van der Waals surface area (Å²) in [7, 11) is 3.12. The number of nitrogens with two attached hydrogens (primary N) is 1. The second-order valence-corrected chi connectivity index (χ2v) is 5.53. The number of benzene rings is 1. The van der Waals surface area contributed by atoms with Crippen LogP contribution in [-0.4, -0.2) is 31.3 Å². The van der Waals surface area contributed by atoms with Gasteiger partial charge in [0.25, 0.3) is 5.91 Å². The van der Waals surface area contributed by atoms with Crippen LogP contribution in [0.25, 0.3) is 0 Å². The highest BCUT2D eigenvalue weighted by Crippen LogP contribution is 2.26. The minimum Gasteiger partial charge on any atom is -0.493 e. The monoisotopic (exact) mass is 334 g/mol. The first-order valence-electron chi connectivity index (χ1n) is 6.89. The fraction of sp³-hybridized carbons (Fsp3) is 0.267. The van der Waals surface area contributed by atoms with Gasteiger partial charge in [0.15, 0.2) is 16.6 Å². The number of ether oxygens (including phenoxy) is 2. The highest BCUT2D eigenvalue weighted by atomic mass is 32.1. The lowest BCUT2D eigenvalue weighted by atomic mass is 10.2. The summed E-state index contributed by atoms with van der Waals surface area (Å²) in [6, 6.07) is 5.33. The zero-order valence-electron chi connectivity index (χ0n) is 13.1. The van der Waals surface area contributed by atoms with Crippen LogP contribution in [0.15, 0.2) is 23.3 Å². The number of rotatable bonds is 6. The summed E-state index contributed by atoms with van der Waals surface area (Å²) in [6.07, 6.45) is 2.16. The number of nitrogen functional groups attached to an aromatic ring is 1. The van der Waals surface area contributed by atoms with E-state index in [1.165, 1.54) is 6.21 Å². The average molecular weight is 334 g/mol. The first kappa shape index (κ1) is 16.8. The fourth-order valence-corrected chi connectivity index (χ4v) is 2.75. The van der Waals surface area contributed by atoms with Gasteiger partial charge in [0, 0.05) is 0 Å². The van der Waals surface area contributed by atoms with Crippen LogP contribution in [0.4, 0.5) is 5.13 Å². The number of nitrogens with one attached hydrogen (secondary N) is 1. The number of aromatic nitrogens is 1. The zero-order chi connectivity index (χ0) is 16.8. The number of carbonyl (C=O) groups is 1. The van der Waals surface area contributed by atoms with Crippen molar-refractivity contribution < 1.29 is 14.3 Å². The van der Waals surface area contributed by atoms with Gasteiger partial charge >= 0.3 is 0 Å². The fourth-order valence-electron chi connectivity index (χ4n) is 1.94. The predicted octanol–water partition coefficient (Wildman–Crippen LogP) is 2.07. The Bertz CT molecular complexity index is 728. The normalized spacial score (nSPS) is 10.7. The topological polar surface area (TPSA) is 98.8 Å². The van der Waals surface area contributed by atoms with Crippen LogP contribution >= 0.6 is 11.3 Å². The van der Waals surface area contributed by atoms with Crippen molar-refractivity contribution in [2.45, 2.75) is 13.3 Å². The van der Waals surface area contributed by atoms with Crippen molar-refractivity contribution in [2.24, 2.45) is 5.10 Å². The Morgan fingerprint density at radius 3 is 2.78 bits per heavy atom. The second-order valence-electron chi connectivity index (χ2n) is 4.50. The molecule has 0 radical (unpaired) electrons. The number of nitrogens with zero attached hydrogens (tertiary/aromatic N) is 2. The molecule has 8 heteroatoms. The largest absolute Gasteiger partial charge is 0.493 e. The van der Waals surface area contributed by atoms with E-state index in [4.69, 9.17) is 15.2 Å². The molecular weight excluding hydrogens is 316 g/mol. The summed E-state index contributed by atoms with van der Waals surface area (Å²) in [6.45, 7) is 1.91. The number of hydrogen-bond acceptors (Lipinski definition) is 7. The van der Waals surface area contributed by atoms with E-state index in [1.54, 1.807) is 32.4 Å². The Labute approximate surface area is 138 Å². The van der Waals surface area contributed by atoms with Gasteiger partial charge in [-0.05, 0) is 30.2 Å². The average Bonchev–Trinajstić information content (AvgIpc) is 2.95. The van der Waals surface area contributed by atoms with Crippen LogP contribution in [0, 0.1) is 0 Å². The minimum absolute atomic E-state index is 0.326. The summed E-state index contributed by atoms with van der Waals surface area (Å²) in [5.74, 6) is 0.889. The molecule has 0 atom stereocenters. The molecule has 0 aliphatic rings. The molecule has 0 spiro atoms. The van der Waals surface area contributed by atoms with Crippen LogP contribution in [0.2, 0.25) is 0 Å². The molecule has 122 valence electrons. The number of thiazole rings is 1. The van der Waals surface area contributed by atoms with E-state index < -0.39 is 0 Å². The van der Waals surface area contributed by atoms with Crippen molar-refractivity contribution in [2.75, 3.05) is 20.0 Å². The van der Waals surface area contributed by atoms with Gasteiger partial charge in [-0.15, -0.1) is 0 Å². The summed E-state index contributed by atoms with van der Waals surface area (Å²) in [5.41, 5.74) is 9.55. The van der Waals surface area contributed by atoms with Crippen LogP contribution in [0.5, 0.6) is 11.5 Å². The maximum atomic E-state index is 12.1. The molecule has 7 nitrogen and oxygen atoms in total. The molecule has 3 N–H and O–H groups in total. The third kappa shape index (κ3) is 3.98. The third-order valence-corrected chi connectivity index (χ3v) is 3.97. The number of hydrogen-bond donors (Lipinski definition) is 2. The quantitative estimate of drug-likeness (QED) is 0.622. The highest BCUT2D eigenvalue weighted by molar-refractivity contribution is 7.17. The third-order valence-electron chi connectivity index (χ3n) is 3.04. The Morgan fingerprint density at radius 1 is 1.39 bits per heavy atom. The molecule has 2 aromatic rings. The van der Waals surface area contributed by atoms with Gasteiger partial charge in [0.1, 0.15) is 4.88 Å². The van der Waals surface area contributed by atoms with Crippen LogP contribution in [0.1, 0.15) is 27.9 Å². The smallest absolute Gasteiger partial charge is 0.283 e. The number of carbonyl (C=O) groups excluding carboxylic acids is 1. The maximum Gasteiger partial charge on any atom is 0.283 e. The van der Waals surface area contributed by atoms with Crippen LogP contribution in [-0.2, 0) is 6.42 Å². The van der Waals surface area contributed by atoms with Crippen LogP contribution < -0.4 is 20.6 Å². The van der Waals surface area contributed by atoms with Gasteiger partial charge in [-0.3, -0.25) is 4.79 Å². The molecule has 1 aromatic heterocycles. The highest BCUT2D eigenvalue weighted by Gasteiger charge is 2.15. The lowest BCUT2D eigenvalue weighted by molar-refractivity contribution is 0.0958. The summed E-state index contributed by atoms with van der Waals surface area (Å²) < 4.78 is 10.4.